The van der Waals surface area contributed by atoms with Crippen molar-refractivity contribution in [3.8, 4) is 5.75 Å². The summed E-state index contributed by atoms with van der Waals surface area (Å²) in [7, 11) is 1.63. The zero-order chi connectivity index (χ0) is 16.8. The number of hydrogen-bond donors (Lipinski definition) is 1. The topological polar surface area (TPSA) is 51.2 Å². The third kappa shape index (κ3) is 3.98. The van der Waals surface area contributed by atoms with Gasteiger partial charge in [0, 0.05) is 18.0 Å². The normalized spacial score (nSPS) is 10.9. The molecule has 0 spiro atoms. The molecule has 0 saturated carbocycles. The van der Waals surface area contributed by atoms with Crippen LogP contribution in [0.15, 0.2) is 66.7 Å². The number of hydrogen-bond acceptors (Lipinski definition) is 3. The Kier molecular flexibility index (Phi) is 4.87. The summed E-state index contributed by atoms with van der Waals surface area (Å²) in [6.07, 6.45) is 3.22. The Morgan fingerprint density at radius 2 is 1.88 bits per heavy atom. The first-order chi connectivity index (χ1) is 11.7. The number of carbonyl (C=O) groups is 1. The van der Waals surface area contributed by atoms with E-state index in [4.69, 9.17) is 4.74 Å². The average Bonchev–Trinajstić information content (AvgIpc) is 2.65. The molecule has 0 radical (unpaired) electrons. The van der Waals surface area contributed by atoms with Gasteiger partial charge in [0.2, 0.25) is 5.91 Å². The van der Waals surface area contributed by atoms with Gasteiger partial charge in [-0.1, -0.05) is 36.4 Å². The number of nitrogens with zero attached hydrogens (tertiary/aromatic N) is 1. The first-order valence-electron chi connectivity index (χ1n) is 7.69. The summed E-state index contributed by atoms with van der Waals surface area (Å²) in [6.45, 7) is 0.471. The molecule has 1 N–H and O–H groups in total. The quantitative estimate of drug-likeness (QED) is 0.732. The van der Waals surface area contributed by atoms with E-state index in [2.05, 4.69) is 10.3 Å². The molecule has 1 aromatic heterocycles. The molecule has 3 rings (SSSR count). The molecule has 4 heteroatoms. The van der Waals surface area contributed by atoms with E-state index in [1.165, 1.54) is 6.08 Å². The van der Waals surface area contributed by atoms with Crippen molar-refractivity contribution in [3.05, 3.63) is 78.0 Å². The second kappa shape index (κ2) is 7.42. The van der Waals surface area contributed by atoms with Gasteiger partial charge in [-0.15, -0.1) is 0 Å². The fraction of sp³-hybridized carbons (Fsp3) is 0.100. The highest BCUT2D eigenvalue weighted by molar-refractivity contribution is 5.91. The number of rotatable bonds is 5. The van der Waals surface area contributed by atoms with Crippen molar-refractivity contribution < 1.29 is 9.53 Å². The largest absolute Gasteiger partial charge is 0.497 e. The molecule has 0 aliphatic rings. The van der Waals surface area contributed by atoms with Crippen molar-refractivity contribution >= 4 is 22.9 Å². The summed E-state index contributed by atoms with van der Waals surface area (Å²) in [5.74, 6) is 0.646. The number of nitrogens with one attached hydrogen (secondary N) is 1. The van der Waals surface area contributed by atoms with E-state index in [-0.39, 0.29) is 5.91 Å². The minimum absolute atomic E-state index is 0.152. The lowest BCUT2D eigenvalue weighted by Gasteiger charge is -2.04. The zero-order valence-corrected chi connectivity index (χ0v) is 13.4. The van der Waals surface area contributed by atoms with Crippen LogP contribution in [0, 0.1) is 0 Å². The maximum Gasteiger partial charge on any atom is 0.244 e. The Morgan fingerprint density at radius 3 is 2.67 bits per heavy atom. The summed E-state index contributed by atoms with van der Waals surface area (Å²) in [5.41, 5.74) is 2.69. The van der Waals surface area contributed by atoms with E-state index < -0.39 is 0 Å². The number of amides is 1. The van der Waals surface area contributed by atoms with Crippen molar-refractivity contribution in [1.82, 2.24) is 10.3 Å². The number of aromatic nitrogens is 1. The van der Waals surface area contributed by atoms with Crippen molar-refractivity contribution in [2.24, 2.45) is 0 Å². The molecule has 0 fully saturated rings. The van der Waals surface area contributed by atoms with Gasteiger partial charge < -0.3 is 10.1 Å². The summed E-state index contributed by atoms with van der Waals surface area (Å²) >= 11 is 0. The second-order valence-corrected chi connectivity index (χ2v) is 5.33. The molecular formula is C20H18N2O2. The molecule has 1 heterocycles. The maximum atomic E-state index is 11.9. The third-order valence-electron chi connectivity index (χ3n) is 3.65. The standard InChI is InChI=1S/C20H18N2O2/c1-24-18-11-6-15(7-12-18)14-21-20(23)13-10-17-9-8-16-4-2-3-5-19(16)22-17/h2-13H,14H2,1H3,(H,21,23). The minimum Gasteiger partial charge on any atom is -0.497 e. The van der Waals surface area contributed by atoms with Crippen LogP contribution >= 0.6 is 0 Å². The van der Waals surface area contributed by atoms with Crippen LogP contribution in [0.5, 0.6) is 5.75 Å². The van der Waals surface area contributed by atoms with Gasteiger partial charge in [-0.05, 0) is 35.9 Å². The smallest absolute Gasteiger partial charge is 0.244 e. The van der Waals surface area contributed by atoms with Gasteiger partial charge in [0.15, 0.2) is 0 Å². The predicted molar refractivity (Wildman–Crippen MR) is 95.6 cm³/mol. The molecule has 0 unspecified atom stereocenters. The Morgan fingerprint density at radius 1 is 1.08 bits per heavy atom. The average molecular weight is 318 g/mol. The van der Waals surface area contributed by atoms with Crippen LogP contribution in [0.1, 0.15) is 11.3 Å². The summed E-state index contributed by atoms with van der Waals surface area (Å²) in [5, 5.41) is 3.93. The number of fused-ring (bicyclic) bond motifs is 1. The molecule has 3 aromatic rings. The van der Waals surface area contributed by atoms with Crippen molar-refractivity contribution in [2.75, 3.05) is 7.11 Å². The lowest BCUT2D eigenvalue weighted by molar-refractivity contribution is -0.116. The molecule has 0 bridgehead atoms. The van der Waals surface area contributed by atoms with E-state index in [1.54, 1.807) is 13.2 Å². The molecule has 0 saturated heterocycles. The van der Waals surface area contributed by atoms with E-state index >= 15 is 0 Å². The number of pyridine rings is 1. The van der Waals surface area contributed by atoms with Gasteiger partial charge in [-0.3, -0.25) is 4.79 Å². The molecule has 2 aromatic carbocycles. The van der Waals surface area contributed by atoms with Crippen LogP contribution in [0.3, 0.4) is 0 Å². The van der Waals surface area contributed by atoms with Crippen LogP contribution in [0.4, 0.5) is 0 Å². The highest BCUT2D eigenvalue weighted by Crippen LogP contribution is 2.13. The van der Waals surface area contributed by atoms with Gasteiger partial charge in [0.1, 0.15) is 5.75 Å². The van der Waals surface area contributed by atoms with Gasteiger partial charge in [0.25, 0.3) is 0 Å². The first kappa shape index (κ1) is 15.7. The SMILES string of the molecule is COc1ccc(CNC(=O)C=Cc2ccc3ccccc3n2)cc1. The van der Waals surface area contributed by atoms with E-state index in [0.29, 0.717) is 6.54 Å². The minimum atomic E-state index is -0.152. The van der Waals surface area contributed by atoms with Crippen LogP contribution in [-0.2, 0) is 11.3 Å². The number of ether oxygens (including phenoxy) is 1. The Hall–Kier alpha value is -3.14. The van der Waals surface area contributed by atoms with E-state index in [1.807, 2.05) is 60.7 Å². The van der Waals surface area contributed by atoms with Gasteiger partial charge in [-0.2, -0.15) is 0 Å². The molecular weight excluding hydrogens is 300 g/mol. The maximum absolute atomic E-state index is 11.9. The molecule has 0 atom stereocenters. The monoisotopic (exact) mass is 318 g/mol. The van der Waals surface area contributed by atoms with Gasteiger partial charge in [0.05, 0.1) is 18.3 Å². The number of methoxy groups -OCH3 is 1. The highest BCUT2D eigenvalue weighted by Gasteiger charge is 1.99. The fourth-order valence-corrected chi connectivity index (χ4v) is 2.33. The van der Waals surface area contributed by atoms with Crippen LogP contribution in [0.25, 0.3) is 17.0 Å². The van der Waals surface area contributed by atoms with E-state index in [0.717, 1.165) is 27.9 Å². The third-order valence-corrected chi connectivity index (χ3v) is 3.65. The number of benzene rings is 2. The molecule has 4 nitrogen and oxygen atoms in total. The fourth-order valence-electron chi connectivity index (χ4n) is 2.33. The van der Waals surface area contributed by atoms with Crippen LogP contribution in [0.2, 0.25) is 0 Å². The molecule has 120 valence electrons. The molecule has 24 heavy (non-hydrogen) atoms. The highest BCUT2D eigenvalue weighted by atomic mass is 16.5. The van der Waals surface area contributed by atoms with Crippen molar-refractivity contribution in [3.63, 3.8) is 0 Å². The van der Waals surface area contributed by atoms with Crippen molar-refractivity contribution in [1.29, 1.82) is 0 Å². The lowest BCUT2D eigenvalue weighted by Crippen LogP contribution is -2.20. The van der Waals surface area contributed by atoms with Crippen LogP contribution in [-0.4, -0.2) is 18.0 Å². The summed E-state index contributed by atoms with van der Waals surface area (Å²) < 4.78 is 5.11. The Labute approximate surface area is 140 Å². The number of carbonyl (C=O) groups excluding carboxylic acids is 1. The molecule has 0 aliphatic heterocycles. The Bertz CT molecular complexity index is 870. The lowest BCUT2D eigenvalue weighted by atomic mass is 10.2. The predicted octanol–water partition coefficient (Wildman–Crippen LogP) is 3.57. The Balaban J connectivity index is 1.59. The van der Waals surface area contributed by atoms with Crippen molar-refractivity contribution in [2.45, 2.75) is 6.54 Å². The second-order valence-electron chi connectivity index (χ2n) is 5.33. The first-order valence-corrected chi connectivity index (χ1v) is 7.69. The summed E-state index contributed by atoms with van der Waals surface area (Å²) in [4.78, 5) is 16.4. The van der Waals surface area contributed by atoms with Crippen LogP contribution < -0.4 is 10.1 Å². The molecule has 1 amide bonds. The summed E-state index contributed by atoms with van der Waals surface area (Å²) in [6, 6.07) is 19.4. The van der Waals surface area contributed by atoms with Gasteiger partial charge in [-0.25, -0.2) is 4.98 Å². The van der Waals surface area contributed by atoms with Gasteiger partial charge >= 0.3 is 0 Å². The van der Waals surface area contributed by atoms with E-state index in [9.17, 15) is 4.79 Å². The molecule has 0 aliphatic carbocycles. The zero-order valence-electron chi connectivity index (χ0n) is 13.4. The number of para-hydroxylation sites is 1.